The second kappa shape index (κ2) is 6.32. The highest BCUT2D eigenvalue weighted by Gasteiger charge is 2.11. The Kier molecular flexibility index (Phi) is 4.43. The second-order valence-corrected chi connectivity index (χ2v) is 6.21. The summed E-state index contributed by atoms with van der Waals surface area (Å²) in [6.07, 6.45) is 1.67. The lowest BCUT2D eigenvalue weighted by atomic mass is 10.0. The lowest BCUT2D eigenvalue weighted by Gasteiger charge is -2.09. The number of hydrogen-bond acceptors (Lipinski definition) is 2. The van der Waals surface area contributed by atoms with Crippen LogP contribution >= 0.6 is 18.5 Å². The van der Waals surface area contributed by atoms with Crippen LogP contribution in [0, 0.1) is 6.92 Å². The quantitative estimate of drug-likeness (QED) is 0.523. The Morgan fingerprint density at radius 1 is 1.00 bits per heavy atom. The average molecular weight is 328 g/mol. The molecule has 22 heavy (non-hydrogen) atoms. The van der Waals surface area contributed by atoms with Gasteiger partial charge in [-0.25, -0.2) is 4.79 Å². The van der Waals surface area contributed by atoms with Crippen molar-refractivity contribution in [2.45, 2.75) is 19.2 Å². The molecule has 0 bridgehead atoms. The van der Waals surface area contributed by atoms with E-state index in [2.05, 4.69) is 24.5 Å². The molecule has 3 rings (SSSR count). The summed E-state index contributed by atoms with van der Waals surface area (Å²) in [5.74, 6) is 0. The molecule has 2 aromatic carbocycles. The second-order valence-electron chi connectivity index (χ2n) is 5.39. The maximum Gasteiger partial charge on any atom is 0.344 e. The number of benzene rings is 2. The van der Waals surface area contributed by atoms with E-state index in [1.54, 1.807) is 0 Å². The van der Waals surface area contributed by atoms with Gasteiger partial charge >= 0.3 is 5.63 Å². The summed E-state index contributed by atoms with van der Waals surface area (Å²) < 4.78 is 5.59. The summed E-state index contributed by atoms with van der Waals surface area (Å²) >= 11 is 0. The van der Waals surface area contributed by atoms with E-state index in [0.29, 0.717) is 11.1 Å². The van der Waals surface area contributed by atoms with Crippen LogP contribution in [-0.4, -0.2) is 0 Å². The zero-order valence-corrected chi connectivity index (χ0v) is 14.7. The van der Waals surface area contributed by atoms with Crippen molar-refractivity contribution in [3.63, 3.8) is 0 Å². The highest BCUT2D eigenvalue weighted by atomic mass is 31.0. The first kappa shape index (κ1) is 15.4. The van der Waals surface area contributed by atoms with Crippen LogP contribution in [0.3, 0.4) is 0 Å². The van der Waals surface area contributed by atoms with Gasteiger partial charge in [0.1, 0.15) is 5.58 Å². The first-order valence-corrected chi connectivity index (χ1v) is 8.82. The fraction of sp³-hybridized carbons (Fsp3) is 0.167. The maximum atomic E-state index is 12.3. The monoisotopic (exact) mass is 328 g/mol. The van der Waals surface area contributed by atoms with Gasteiger partial charge in [0.05, 0.1) is 5.56 Å². The van der Waals surface area contributed by atoms with Gasteiger partial charge in [-0.3, -0.25) is 0 Å². The summed E-state index contributed by atoms with van der Waals surface area (Å²) in [6.45, 7) is 2.03. The molecule has 2 atom stereocenters. The van der Waals surface area contributed by atoms with E-state index in [1.165, 1.54) is 11.1 Å². The minimum absolute atomic E-state index is 0.285. The summed E-state index contributed by atoms with van der Waals surface area (Å²) in [7, 11) is 5.45. The molecule has 0 fully saturated rings. The predicted octanol–water partition coefficient (Wildman–Crippen LogP) is 4.52. The van der Waals surface area contributed by atoms with Crippen molar-refractivity contribution < 1.29 is 4.42 Å². The lowest BCUT2D eigenvalue weighted by molar-refractivity contribution is 0.563. The van der Waals surface area contributed by atoms with Gasteiger partial charge in [-0.2, -0.15) is 0 Å². The molecular weight excluding hydrogens is 310 g/mol. The molecule has 1 aromatic heterocycles. The van der Waals surface area contributed by atoms with E-state index in [4.69, 9.17) is 4.42 Å². The molecule has 2 nitrogen and oxygen atoms in total. The standard InChI is InChI=1S/C18H18O2P2/c1-11-2-4-13(5-3-11)16-8-15-14(10-22)6-12(9-21)7-17(15)20-18(16)19/h2-8H,9-10,21-22H2,1H3. The molecule has 2 unspecified atom stereocenters. The van der Waals surface area contributed by atoms with Crippen LogP contribution < -0.4 is 5.63 Å². The molecule has 0 saturated carbocycles. The Morgan fingerprint density at radius 3 is 2.36 bits per heavy atom. The van der Waals surface area contributed by atoms with Crippen LogP contribution in [0.25, 0.3) is 22.1 Å². The van der Waals surface area contributed by atoms with Gasteiger partial charge in [-0.1, -0.05) is 35.9 Å². The van der Waals surface area contributed by atoms with Crippen LogP contribution in [0.2, 0.25) is 0 Å². The van der Waals surface area contributed by atoms with Crippen molar-refractivity contribution in [2.75, 3.05) is 0 Å². The summed E-state index contributed by atoms with van der Waals surface area (Å²) in [5, 5.41) is 1.01. The van der Waals surface area contributed by atoms with Crippen molar-refractivity contribution in [3.8, 4) is 11.1 Å². The number of fused-ring (bicyclic) bond motifs is 1. The third kappa shape index (κ3) is 2.86. The molecule has 0 radical (unpaired) electrons. The van der Waals surface area contributed by atoms with Crippen molar-refractivity contribution in [1.29, 1.82) is 0 Å². The third-order valence-corrected chi connectivity index (χ3v) is 4.73. The predicted molar refractivity (Wildman–Crippen MR) is 99.5 cm³/mol. The van der Waals surface area contributed by atoms with Crippen molar-refractivity contribution in [3.05, 3.63) is 69.6 Å². The van der Waals surface area contributed by atoms with E-state index < -0.39 is 0 Å². The molecule has 0 spiro atoms. The highest BCUT2D eigenvalue weighted by Crippen LogP contribution is 2.27. The molecule has 0 aliphatic rings. The van der Waals surface area contributed by atoms with Gasteiger partial charge in [0.2, 0.25) is 0 Å². The van der Waals surface area contributed by atoms with E-state index in [-0.39, 0.29) is 5.63 Å². The third-order valence-electron chi connectivity index (χ3n) is 3.82. The summed E-state index contributed by atoms with van der Waals surface area (Å²) in [6, 6.07) is 14.0. The Hall–Kier alpha value is -1.49. The van der Waals surface area contributed by atoms with Crippen LogP contribution in [0.5, 0.6) is 0 Å². The topological polar surface area (TPSA) is 30.2 Å². The lowest BCUT2D eigenvalue weighted by Crippen LogP contribution is -2.03. The Labute approximate surface area is 134 Å². The molecule has 4 heteroatoms. The highest BCUT2D eigenvalue weighted by molar-refractivity contribution is 7.15. The van der Waals surface area contributed by atoms with Gasteiger partial charge in [0, 0.05) is 5.39 Å². The fourth-order valence-corrected chi connectivity index (χ4v) is 3.15. The Balaban J connectivity index is 2.27. The molecule has 0 N–H and O–H groups in total. The molecule has 0 amide bonds. The SMILES string of the molecule is Cc1ccc(-c2cc3c(CP)cc(CP)cc3oc2=O)cc1. The number of aryl methyl sites for hydroxylation is 1. The maximum absolute atomic E-state index is 12.3. The molecule has 0 aliphatic carbocycles. The largest absolute Gasteiger partial charge is 0.422 e. The van der Waals surface area contributed by atoms with E-state index in [1.807, 2.05) is 43.3 Å². The van der Waals surface area contributed by atoms with Gasteiger partial charge in [-0.15, -0.1) is 18.5 Å². The van der Waals surface area contributed by atoms with E-state index in [9.17, 15) is 4.79 Å². The minimum atomic E-state index is -0.285. The molecule has 112 valence electrons. The molecule has 0 saturated heterocycles. The smallest absolute Gasteiger partial charge is 0.344 e. The Bertz CT molecular complexity index is 880. The first-order valence-electron chi connectivity index (χ1n) is 7.19. The number of hydrogen-bond donors (Lipinski definition) is 0. The average Bonchev–Trinajstić information content (AvgIpc) is 2.54. The first-order chi connectivity index (χ1) is 10.6. The molecule has 0 aliphatic heterocycles. The van der Waals surface area contributed by atoms with Crippen LogP contribution in [-0.2, 0) is 12.3 Å². The van der Waals surface area contributed by atoms with Gasteiger partial charge in [-0.05, 0) is 48.1 Å². The minimum Gasteiger partial charge on any atom is -0.422 e. The zero-order chi connectivity index (χ0) is 15.7. The van der Waals surface area contributed by atoms with E-state index >= 15 is 0 Å². The normalized spacial score (nSPS) is 11.0. The van der Waals surface area contributed by atoms with Crippen molar-refractivity contribution >= 4 is 29.4 Å². The van der Waals surface area contributed by atoms with Crippen LogP contribution in [0.4, 0.5) is 0 Å². The fourth-order valence-electron chi connectivity index (χ4n) is 2.58. The van der Waals surface area contributed by atoms with Gasteiger partial charge in [0.15, 0.2) is 0 Å². The number of rotatable bonds is 3. The van der Waals surface area contributed by atoms with Crippen molar-refractivity contribution in [2.24, 2.45) is 0 Å². The van der Waals surface area contributed by atoms with Crippen LogP contribution in [0.15, 0.2) is 51.7 Å². The summed E-state index contributed by atoms with van der Waals surface area (Å²) in [5.41, 5.74) is 5.39. The summed E-state index contributed by atoms with van der Waals surface area (Å²) in [4.78, 5) is 12.3. The molecular formula is C18H18O2P2. The van der Waals surface area contributed by atoms with Crippen molar-refractivity contribution in [1.82, 2.24) is 0 Å². The zero-order valence-electron chi connectivity index (χ0n) is 12.4. The van der Waals surface area contributed by atoms with Gasteiger partial charge in [0.25, 0.3) is 0 Å². The van der Waals surface area contributed by atoms with Gasteiger partial charge < -0.3 is 4.42 Å². The van der Waals surface area contributed by atoms with E-state index in [0.717, 1.165) is 28.8 Å². The van der Waals surface area contributed by atoms with Crippen LogP contribution in [0.1, 0.15) is 16.7 Å². The molecule has 3 aromatic rings. The molecule has 1 heterocycles. The Morgan fingerprint density at radius 2 is 1.73 bits per heavy atom.